The van der Waals surface area contributed by atoms with E-state index in [1.54, 1.807) is 36.4 Å². The van der Waals surface area contributed by atoms with E-state index in [9.17, 15) is 19.7 Å². The number of non-ortho nitro benzene ring substituents is 1. The molecule has 0 saturated carbocycles. The second-order valence-corrected chi connectivity index (χ2v) is 9.31. The van der Waals surface area contributed by atoms with Gasteiger partial charge < -0.3 is 0 Å². The van der Waals surface area contributed by atoms with Gasteiger partial charge in [0.2, 0.25) is 17.1 Å². The molecule has 36 heavy (non-hydrogen) atoms. The van der Waals surface area contributed by atoms with Gasteiger partial charge in [0.15, 0.2) is 0 Å². The van der Waals surface area contributed by atoms with Gasteiger partial charge in [-0.05, 0) is 27.8 Å². The Hall–Kier alpha value is -4.78. The number of azo groups is 1. The summed E-state index contributed by atoms with van der Waals surface area (Å²) in [5.74, 6) is -1.62. The molecule has 0 saturated heterocycles. The molecule has 2 aliphatic carbocycles. The van der Waals surface area contributed by atoms with Crippen molar-refractivity contribution in [3.05, 3.63) is 135 Å². The van der Waals surface area contributed by atoms with E-state index in [-0.39, 0.29) is 5.69 Å². The van der Waals surface area contributed by atoms with E-state index in [0.717, 1.165) is 22.3 Å². The van der Waals surface area contributed by atoms with Gasteiger partial charge in [0.25, 0.3) is 5.69 Å². The molecule has 1 heterocycles. The fraction of sp³-hybridized carbons (Fsp3) is 0.103. The van der Waals surface area contributed by atoms with Crippen molar-refractivity contribution < 1.29 is 14.5 Å². The van der Waals surface area contributed by atoms with Crippen LogP contribution < -0.4 is 0 Å². The molecule has 1 aliphatic heterocycles. The van der Waals surface area contributed by atoms with Crippen molar-refractivity contribution in [2.45, 2.75) is 17.0 Å². The predicted octanol–water partition coefficient (Wildman–Crippen LogP) is 5.89. The molecule has 3 aliphatic rings. The lowest BCUT2D eigenvalue weighted by molar-refractivity contribution is -0.384. The number of Topliss-reactive ketones (excluding diaryl/α,β-unsaturated/α-hetero) is 2. The average Bonchev–Trinajstić information content (AvgIpc) is 3.50. The molecule has 4 aromatic carbocycles. The van der Waals surface area contributed by atoms with Crippen LogP contribution >= 0.6 is 0 Å². The molecule has 172 valence electrons. The summed E-state index contributed by atoms with van der Waals surface area (Å²) in [7, 11) is 0. The van der Waals surface area contributed by atoms with E-state index >= 15 is 0 Å². The molecule has 1 unspecified atom stereocenters. The fourth-order valence-electron chi connectivity index (χ4n) is 6.26. The van der Waals surface area contributed by atoms with Gasteiger partial charge in [-0.15, -0.1) is 0 Å². The van der Waals surface area contributed by atoms with Crippen molar-refractivity contribution in [2.24, 2.45) is 10.2 Å². The topological polar surface area (TPSA) is 102 Å². The van der Waals surface area contributed by atoms with Crippen LogP contribution in [0.4, 0.5) is 5.69 Å². The summed E-state index contributed by atoms with van der Waals surface area (Å²) >= 11 is 0. The maximum atomic E-state index is 14.1. The number of nitrogens with zero attached hydrogens (tertiary/aromatic N) is 3. The Morgan fingerprint density at radius 1 is 0.611 bits per heavy atom. The van der Waals surface area contributed by atoms with E-state index in [1.807, 2.05) is 48.5 Å². The van der Waals surface area contributed by atoms with E-state index in [0.29, 0.717) is 16.7 Å². The number of carbonyl (C=O) groups is 2. The smallest absolute Gasteiger partial charge is 0.269 e. The lowest BCUT2D eigenvalue weighted by Gasteiger charge is -2.36. The Bertz CT molecular complexity index is 1590. The zero-order valence-corrected chi connectivity index (χ0v) is 18.8. The fourth-order valence-corrected chi connectivity index (χ4v) is 6.26. The molecule has 0 aromatic heterocycles. The molecule has 0 N–H and O–H groups in total. The minimum atomic E-state index is -1.80. The molecular weight excluding hydrogens is 454 g/mol. The molecule has 7 heteroatoms. The highest BCUT2D eigenvalue weighted by molar-refractivity contribution is 6.34. The first kappa shape index (κ1) is 20.6. The number of fused-ring (bicyclic) bond motifs is 6. The summed E-state index contributed by atoms with van der Waals surface area (Å²) in [5.41, 5.74) is 1.85. The van der Waals surface area contributed by atoms with Gasteiger partial charge in [-0.3, -0.25) is 19.7 Å². The largest absolute Gasteiger partial charge is 0.291 e. The molecule has 7 rings (SSSR count). The first-order valence-corrected chi connectivity index (χ1v) is 11.6. The third-order valence-electron chi connectivity index (χ3n) is 7.71. The quantitative estimate of drug-likeness (QED) is 0.207. The van der Waals surface area contributed by atoms with Crippen molar-refractivity contribution in [1.29, 1.82) is 0 Å². The van der Waals surface area contributed by atoms with Gasteiger partial charge >= 0.3 is 0 Å². The Morgan fingerprint density at radius 3 is 1.56 bits per heavy atom. The second kappa shape index (κ2) is 6.88. The maximum Gasteiger partial charge on any atom is 0.269 e. The highest BCUT2D eigenvalue weighted by Crippen LogP contribution is 2.65. The maximum absolute atomic E-state index is 14.1. The Labute approximate surface area is 205 Å². The van der Waals surface area contributed by atoms with Crippen molar-refractivity contribution in [3.63, 3.8) is 0 Å². The Morgan fingerprint density at radius 2 is 1.06 bits per heavy atom. The molecular formula is C29H17N3O4. The van der Waals surface area contributed by atoms with E-state index < -0.39 is 33.5 Å². The van der Waals surface area contributed by atoms with Crippen LogP contribution in [-0.4, -0.2) is 22.0 Å². The van der Waals surface area contributed by atoms with Crippen LogP contribution in [0.2, 0.25) is 0 Å². The predicted molar refractivity (Wildman–Crippen MR) is 131 cm³/mol. The van der Waals surface area contributed by atoms with Crippen LogP contribution in [0.1, 0.15) is 43.3 Å². The summed E-state index contributed by atoms with van der Waals surface area (Å²) in [4.78, 5) is 39.0. The van der Waals surface area contributed by atoms with E-state index in [2.05, 4.69) is 5.11 Å². The molecule has 0 bridgehead atoms. The third-order valence-corrected chi connectivity index (χ3v) is 7.71. The van der Waals surface area contributed by atoms with Gasteiger partial charge in [0.1, 0.15) is 5.54 Å². The molecule has 7 nitrogen and oxygen atoms in total. The normalized spacial score (nSPS) is 19.5. The first-order chi connectivity index (χ1) is 17.5. The van der Waals surface area contributed by atoms with Crippen LogP contribution in [0.25, 0.3) is 11.1 Å². The zero-order valence-electron chi connectivity index (χ0n) is 18.8. The van der Waals surface area contributed by atoms with Crippen LogP contribution in [0.5, 0.6) is 0 Å². The van der Waals surface area contributed by atoms with Crippen molar-refractivity contribution in [1.82, 2.24) is 0 Å². The number of nitro benzene ring substituents is 1. The number of rotatable bonds is 2. The summed E-state index contributed by atoms with van der Waals surface area (Å²) < 4.78 is 0. The van der Waals surface area contributed by atoms with Crippen molar-refractivity contribution >= 4 is 17.3 Å². The van der Waals surface area contributed by atoms with Gasteiger partial charge in [-0.2, -0.15) is 10.2 Å². The SMILES string of the molecule is O=C1c2ccccc2C(=O)C12N=NC1(c3ccccc3-c3ccccc31)C2c1ccc([N+](=O)[O-])cc1. The molecule has 1 atom stereocenters. The number of nitro groups is 1. The Kier molecular flexibility index (Phi) is 3.94. The molecule has 2 spiro atoms. The lowest BCUT2D eigenvalue weighted by Crippen LogP contribution is -2.48. The monoisotopic (exact) mass is 471 g/mol. The summed E-state index contributed by atoms with van der Waals surface area (Å²) in [6.07, 6.45) is 0. The number of benzene rings is 4. The first-order valence-electron chi connectivity index (χ1n) is 11.6. The van der Waals surface area contributed by atoms with Gasteiger partial charge in [0.05, 0.1) is 10.8 Å². The summed E-state index contributed by atoms with van der Waals surface area (Å²) in [5, 5.41) is 20.8. The molecule has 4 aromatic rings. The number of carbonyl (C=O) groups excluding carboxylic acids is 2. The highest BCUT2D eigenvalue weighted by atomic mass is 16.6. The van der Waals surface area contributed by atoms with Gasteiger partial charge in [-0.1, -0.05) is 84.9 Å². The number of hydrogen-bond acceptors (Lipinski definition) is 6. The lowest BCUT2D eigenvalue weighted by atomic mass is 9.64. The third kappa shape index (κ3) is 2.27. The minimum absolute atomic E-state index is 0.0756. The number of ketones is 2. The van der Waals surface area contributed by atoms with Crippen LogP contribution in [0.15, 0.2) is 107 Å². The van der Waals surface area contributed by atoms with Gasteiger partial charge in [0, 0.05) is 23.3 Å². The van der Waals surface area contributed by atoms with Crippen molar-refractivity contribution in [2.75, 3.05) is 0 Å². The van der Waals surface area contributed by atoms with Crippen LogP contribution in [0, 0.1) is 10.1 Å². The Balaban J connectivity index is 1.56. The zero-order chi connectivity index (χ0) is 24.7. The highest BCUT2D eigenvalue weighted by Gasteiger charge is 2.70. The second-order valence-electron chi connectivity index (χ2n) is 9.31. The molecule has 0 radical (unpaired) electrons. The van der Waals surface area contributed by atoms with Crippen molar-refractivity contribution in [3.8, 4) is 11.1 Å². The van der Waals surface area contributed by atoms with Crippen LogP contribution in [-0.2, 0) is 5.54 Å². The molecule has 0 fully saturated rings. The summed E-state index contributed by atoms with van der Waals surface area (Å²) in [6.45, 7) is 0. The average molecular weight is 471 g/mol. The minimum Gasteiger partial charge on any atom is -0.291 e. The van der Waals surface area contributed by atoms with Gasteiger partial charge in [-0.25, -0.2) is 0 Å². The number of hydrogen-bond donors (Lipinski definition) is 0. The van der Waals surface area contributed by atoms with Crippen LogP contribution in [0.3, 0.4) is 0 Å². The summed E-state index contributed by atoms with van der Waals surface area (Å²) in [6, 6.07) is 28.4. The van der Waals surface area contributed by atoms with E-state index in [4.69, 9.17) is 5.11 Å². The molecule has 0 amide bonds. The standard InChI is InChI=1S/C29H17N3O4/c33-26-21-9-1-2-10-22(21)27(34)29(26)25(17-13-15-18(16-14-17)32(35)36)28(30-31-29)23-11-5-3-7-19(23)20-8-4-6-12-24(20)28/h1-16,25H. The van der Waals surface area contributed by atoms with E-state index in [1.165, 1.54) is 12.1 Å².